The van der Waals surface area contributed by atoms with E-state index in [0.717, 1.165) is 0 Å². The summed E-state index contributed by atoms with van der Waals surface area (Å²) in [5.74, 6) is 1.20. The van der Waals surface area contributed by atoms with Gasteiger partial charge in [0.1, 0.15) is 0 Å². The first-order valence-corrected chi connectivity index (χ1v) is 25.9. The van der Waals surface area contributed by atoms with Crippen LogP contribution >= 0.6 is 0 Å². The summed E-state index contributed by atoms with van der Waals surface area (Å²) >= 11 is -0.777. The summed E-state index contributed by atoms with van der Waals surface area (Å²) in [6.07, 6.45) is 10.2. The predicted molar refractivity (Wildman–Crippen MR) is 160 cm³/mol. The first kappa shape index (κ1) is 30.6. The van der Waals surface area contributed by atoms with Gasteiger partial charge < -0.3 is 0 Å². The van der Waals surface area contributed by atoms with Crippen LogP contribution in [0.25, 0.3) is 0 Å². The number of ether oxygens (including phenoxy) is 1. The molecule has 0 N–H and O–H groups in total. The van der Waals surface area contributed by atoms with E-state index in [1.165, 1.54) is 33.5 Å². The maximum absolute atomic E-state index is 6.37. The van der Waals surface area contributed by atoms with E-state index in [2.05, 4.69) is 117 Å². The van der Waals surface area contributed by atoms with Crippen LogP contribution in [-0.4, -0.2) is 31.3 Å². The van der Waals surface area contributed by atoms with Crippen LogP contribution in [0.3, 0.4) is 0 Å². The molecular formula is C29H53LuOSi3. The number of hydrogen-bond donors (Lipinski definition) is 0. The number of aryl methyl sites for hydroxylation is 1. The van der Waals surface area contributed by atoms with Crippen molar-refractivity contribution in [3.05, 3.63) is 47.6 Å². The molecule has 1 nitrogen and oxygen atoms in total. The first-order valence-electron chi connectivity index (χ1n) is 12.9. The van der Waals surface area contributed by atoms with E-state index in [1.54, 1.807) is 5.19 Å². The molecule has 0 radical (unpaired) electrons. The molecule has 0 aromatic heterocycles. The predicted octanol–water partition coefficient (Wildman–Crippen LogP) is 9.03. The van der Waals surface area contributed by atoms with Crippen molar-refractivity contribution in [2.75, 3.05) is 7.11 Å². The van der Waals surface area contributed by atoms with Gasteiger partial charge in [0.05, 0.1) is 0 Å². The summed E-state index contributed by atoms with van der Waals surface area (Å²) in [4.78, 5) is 0. The number of methoxy groups -OCH3 is 1. The average Bonchev–Trinajstić information content (AvgIpc) is 3.17. The molecule has 1 aliphatic rings. The van der Waals surface area contributed by atoms with E-state index in [0.29, 0.717) is 0 Å². The zero-order valence-electron chi connectivity index (χ0n) is 24.5. The average molecular weight is 677 g/mol. The Kier molecular flexibility index (Phi) is 9.91. The summed E-state index contributed by atoms with van der Waals surface area (Å²) < 4.78 is 9.67. The van der Waals surface area contributed by atoms with Crippen LogP contribution in [-0.2, 0) is 5.41 Å². The van der Waals surface area contributed by atoms with Gasteiger partial charge in [0, 0.05) is 0 Å². The van der Waals surface area contributed by atoms with Crippen molar-refractivity contribution in [1.82, 2.24) is 0 Å². The fourth-order valence-electron chi connectivity index (χ4n) is 5.11. The maximum atomic E-state index is 6.37. The molecule has 1 aromatic rings. The summed E-state index contributed by atoms with van der Waals surface area (Å²) in [7, 11) is -2.53. The molecule has 0 heterocycles. The Bertz CT molecular complexity index is 881. The number of rotatable bonds is 10. The summed E-state index contributed by atoms with van der Waals surface area (Å²) in [5, 5.41) is 1.59. The molecule has 0 atom stereocenters. The van der Waals surface area contributed by atoms with Crippen molar-refractivity contribution < 1.29 is 35.9 Å². The van der Waals surface area contributed by atoms with E-state index in [1.807, 2.05) is 7.11 Å². The quantitative estimate of drug-likeness (QED) is 0.225. The minimum atomic E-state index is -2.01. The van der Waals surface area contributed by atoms with Crippen LogP contribution in [0.4, 0.5) is 0 Å². The van der Waals surface area contributed by atoms with Gasteiger partial charge in [0.15, 0.2) is 0 Å². The first-order chi connectivity index (χ1) is 15.5. The monoisotopic (exact) mass is 676 g/mol. The fourth-order valence-corrected chi connectivity index (χ4v) is 38.4. The van der Waals surface area contributed by atoms with Gasteiger partial charge in [-0.3, -0.25) is 0 Å². The van der Waals surface area contributed by atoms with Gasteiger partial charge >= 0.3 is 230 Å². The molecule has 202 valence electrons. The third-order valence-corrected chi connectivity index (χ3v) is 34.5. The SMILES string of the molecule is CC[Si](CC)(c1cc(C)cc(C(C)(C)C)c1OC)[C]1([Lu]([CH2][Si](C)(C)C)[CH2][Si](C)(C)C)C=CC=C1. The second-order valence-corrected chi connectivity index (χ2v) is 36.6. The van der Waals surface area contributed by atoms with Crippen molar-refractivity contribution in [2.45, 2.75) is 104 Å². The van der Waals surface area contributed by atoms with Gasteiger partial charge in [-0.05, 0) is 0 Å². The van der Waals surface area contributed by atoms with E-state index >= 15 is 0 Å². The molecule has 0 unspecified atom stereocenters. The topological polar surface area (TPSA) is 9.23 Å². The summed E-state index contributed by atoms with van der Waals surface area (Å²) in [5.41, 5.74) is 2.84. The van der Waals surface area contributed by atoms with Gasteiger partial charge in [0.25, 0.3) is 0 Å². The molecule has 0 saturated carbocycles. The van der Waals surface area contributed by atoms with Crippen LogP contribution in [0.5, 0.6) is 5.75 Å². The molecule has 2 rings (SSSR count). The van der Waals surface area contributed by atoms with E-state index in [9.17, 15) is 0 Å². The van der Waals surface area contributed by atoms with E-state index in [4.69, 9.17) is 4.74 Å². The van der Waals surface area contributed by atoms with E-state index < -0.39 is 55.3 Å². The van der Waals surface area contributed by atoms with Gasteiger partial charge in [-0.2, -0.15) is 0 Å². The zero-order chi connectivity index (χ0) is 26.2. The Hall–Kier alpha value is 0.384. The Labute approximate surface area is 227 Å². The van der Waals surface area contributed by atoms with Gasteiger partial charge in [-0.1, -0.05) is 0 Å². The molecule has 0 saturated heterocycles. The third kappa shape index (κ3) is 6.44. The number of hydrogen-bond acceptors (Lipinski definition) is 1. The van der Waals surface area contributed by atoms with Gasteiger partial charge in [0.2, 0.25) is 0 Å². The molecule has 0 bridgehead atoms. The van der Waals surface area contributed by atoms with Crippen molar-refractivity contribution >= 4 is 29.4 Å². The molecule has 0 fully saturated rings. The standard InChI is InChI=1S/C21H31OSi.2C4H11Si.Lu/c1-8-23(9-2,17-12-10-11-13-17)19-15-16(3)14-18(20(19)22-7)21(4,5)6;2*1-5(2,3)4;/h10-15H,8-9H2,1-7H3;2*1H2,2-4H3;. The van der Waals surface area contributed by atoms with Crippen LogP contribution in [0.15, 0.2) is 36.4 Å². The molecule has 1 aromatic carbocycles. The van der Waals surface area contributed by atoms with Crippen LogP contribution < -0.4 is 9.92 Å². The Balaban J connectivity index is 2.96. The van der Waals surface area contributed by atoms with E-state index in [-0.39, 0.29) is 6.67 Å². The Morgan fingerprint density at radius 2 is 1.32 bits per heavy atom. The molecule has 34 heavy (non-hydrogen) atoms. The Morgan fingerprint density at radius 3 is 1.68 bits per heavy atom. The second kappa shape index (κ2) is 11.0. The van der Waals surface area contributed by atoms with Crippen molar-refractivity contribution in [2.24, 2.45) is 0 Å². The molecule has 0 amide bonds. The van der Waals surface area contributed by atoms with Crippen molar-refractivity contribution in [1.29, 1.82) is 0 Å². The van der Waals surface area contributed by atoms with Crippen LogP contribution in [0.2, 0.25) is 57.2 Å². The van der Waals surface area contributed by atoms with Gasteiger partial charge in [-0.15, -0.1) is 0 Å². The molecule has 5 heteroatoms. The zero-order valence-corrected chi connectivity index (χ0v) is 29.1. The number of benzene rings is 1. The molecular weight excluding hydrogens is 624 g/mol. The minimum absolute atomic E-state index is 0.0629. The third-order valence-electron chi connectivity index (χ3n) is 6.46. The van der Waals surface area contributed by atoms with Crippen LogP contribution in [0, 0.1) is 38.0 Å². The summed E-state index contributed by atoms with van der Waals surface area (Å²) in [6.45, 7) is 29.9. The number of allylic oxidation sites excluding steroid dienone is 4. The second-order valence-electron chi connectivity index (χ2n) is 13.4. The molecule has 0 aliphatic heterocycles. The summed E-state index contributed by atoms with van der Waals surface area (Å²) in [6, 6.07) is 7.47. The molecule has 1 aliphatic carbocycles. The van der Waals surface area contributed by atoms with Crippen molar-refractivity contribution in [3.63, 3.8) is 0 Å². The van der Waals surface area contributed by atoms with Crippen LogP contribution in [0.1, 0.15) is 45.7 Å². The van der Waals surface area contributed by atoms with Gasteiger partial charge in [-0.25, -0.2) is 0 Å². The normalized spacial score (nSPS) is 16.8. The Morgan fingerprint density at radius 1 is 0.853 bits per heavy atom. The van der Waals surface area contributed by atoms with Crippen molar-refractivity contribution in [3.8, 4) is 5.75 Å². The fraction of sp³-hybridized carbons (Fsp3) is 0.655. The molecule has 0 spiro atoms.